The van der Waals surface area contributed by atoms with E-state index in [0.29, 0.717) is 12.8 Å². The summed E-state index contributed by atoms with van der Waals surface area (Å²) in [6, 6.07) is 0. The summed E-state index contributed by atoms with van der Waals surface area (Å²) in [6.07, 6.45) is 2.70. The van der Waals surface area contributed by atoms with Crippen LogP contribution in [0.5, 0.6) is 0 Å². The van der Waals surface area contributed by atoms with E-state index in [2.05, 4.69) is 9.89 Å². The molecule has 3 nitrogen and oxygen atoms in total. The fraction of sp³-hybridized carbons (Fsp3) is 0.875. The number of halogens is 1. The van der Waals surface area contributed by atoms with Crippen LogP contribution in [0.15, 0.2) is 4.99 Å². The molecule has 0 radical (unpaired) electrons. The lowest BCUT2D eigenvalue weighted by Crippen LogP contribution is -2.42. The number of rotatable bonds is 2. The van der Waals surface area contributed by atoms with Crippen molar-refractivity contribution in [1.82, 2.24) is 4.90 Å². The van der Waals surface area contributed by atoms with E-state index in [1.165, 1.54) is 6.08 Å². The van der Waals surface area contributed by atoms with Gasteiger partial charge in [-0.05, 0) is 19.9 Å². The maximum absolute atomic E-state index is 12.6. The van der Waals surface area contributed by atoms with Crippen molar-refractivity contribution in [2.24, 2.45) is 4.99 Å². The third kappa shape index (κ3) is 1.90. The van der Waals surface area contributed by atoms with Crippen LogP contribution in [0.1, 0.15) is 12.8 Å². The van der Waals surface area contributed by atoms with E-state index < -0.39 is 12.2 Å². The average molecular weight is 172 g/mol. The number of hydrogen-bond donors (Lipinski definition) is 0. The number of nitrogens with zero attached hydrogens (tertiary/aromatic N) is 2. The molecular weight excluding hydrogens is 159 g/mol. The molecule has 1 rings (SSSR count). The van der Waals surface area contributed by atoms with Crippen LogP contribution in [0.4, 0.5) is 4.39 Å². The molecule has 0 bridgehead atoms. The Kier molecular flexibility index (Phi) is 2.95. The van der Waals surface area contributed by atoms with Gasteiger partial charge in [0.25, 0.3) is 0 Å². The van der Waals surface area contributed by atoms with E-state index in [1.807, 2.05) is 7.05 Å². The van der Waals surface area contributed by atoms with Crippen molar-refractivity contribution in [1.29, 1.82) is 0 Å². The number of isocyanates is 1. The maximum Gasteiger partial charge on any atom is 0.235 e. The fourth-order valence-electron chi connectivity index (χ4n) is 1.41. The molecule has 1 saturated heterocycles. The van der Waals surface area contributed by atoms with Crippen LogP contribution in [0, 0.1) is 0 Å². The topological polar surface area (TPSA) is 32.7 Å². The number of alkyl halides is 1. The van der Waals surface area contributed by atoms with Crippen LogP contribution in [-0.4, -0.2) is 43.3 Å². The standard InChI is InChI=1S/C8H13FN2O/c1-11-4-2-8(6-9,3-5-11)10-7-12/h2-6H2,1H3. The van der Waals surface area contributed by atoms with E-state index in [0.717, 1.165) is 13.1 Å². The molecule has 1 aliphatic heterocycles. The molecule has 0 saturated carbocycles. The van der Waals surface area contributed by atoms with Gasteiger partial charge in [-0.3, -0.25) is 0 Å². The predicted octanol–water partition coefficient (Wildman–Crippen LogP) is 0.756. The Morgan fingerprint density at radius 1 is 1.58 bits per heavy atom. The zero-order valence-corrected chi connectivity index (χ0v) is 7.22. The lowest BCUT2D eigenvalue weighted by Gasteiger charge is -2.34. The molecule has 0 unspecified atom stereocenters. The third-order valence-electron chi connectivity index (χ3n) is 2.45. The number of piperidine rings is 1. The molecule has 4 heteroatoms. The van der Waals surface area contributed by atoms with Crippen LogP contribution >= 0.6 is 0 Å². The SMILES string of the molecule is CN1CCC(CF)(N=C=O)CC1. The summed E-state index contributed by atoms with van der Waals surface area (Å²) in [7, 11) is 1.98. The first kappa shape index (κ1) is 9.36. The first-order valence-electron chi connectivity index (χ1n) is 4.06. The number of hydrogen-bond acceptors (Lipinski definition) is 3. The van der Waals surface area contributed by atoms with Crippen molar-refractivity contribution in [3.63, 3.8) is 0 Å². The van der Waals surface area contributed by atoms with Crippen LogP contribution < -0.4 is 0 Å². The predicted molar refractivity (Wildman–Crippen MR) is 43.6 cm³/mol. The highest BCUT2D eigenvalue weighted by molar-refractivity contribution is 5.35. The van der Waals surface area contributed by atoms with Gasteiger partial charge in [0, 0.05) is 13.1 Å². The highest BCUT2D eigenvalue weighted by Crippen LogP contribution is 2.25. The Balaban J connectivity index is 2.63. The Hall–Kier alpha value is -0.730. The van der Waals surface area contributed by atoms with Gasteiger partial charge in [0.1, 0.15) is 12.2 Å². The molecule has 0 aromatic heterocycles. The first-order chi connectivity index (χ1) is 5.72. The van der Waals surface area contributed by atoms with Gasteiger partial charge in [-0.1, -0.05) is 0 Å². The van der Waals surface area contributed by atoms with Gasteiger partial charge < -0.3 is 4.90 Å². The zero-order chi connectivity index (χ0) is 9.03. The van der Waals surface area contributed by atoms with Crippen LogP contribution in [0.2, 0.25) is 0 Å². The van der Waals surface area contributed by atoms with E-state index in [-0.39, 0.29) is 0 Å². The third-order valence-corrected chi connectivity index (χ3v) is 2.45. The Labute approximate surface area is 71.3 Å². The summed E-state index contributed by atoms with van der Waals surface area (Å²) >= 11 is 0. The minimum Gasteiger partial charge on any atom is -0.306 e. The molecule has 12 heavy (non-hydrogen) atoms. The normalized spacial score (nSPS) is 23.2. The summed E-state index contributed by atoms with van der Waals surface area (Å²) in [4.78, 5) is 15.7. The lowest BCUT2D eigenvalue weighted by molar-refractivity contribution is 0.163. The zero-order valence-electron chi connectivity index (χ0n) is 7.22. The van der Waals surface area contributed by atoms with Crippen molar-refractivity contribution in [3.05, 3.63) is 0 Å². The summed E-state index contributed by atoms with van der Waals surface area (Å²) in [5.74, 6) is 0. The van der Waals surface area contributed by atoms with E-state index in [1.54, 1.807) is 0 Å². The van der Waals surface area contributed by atoms with Gasteiger partial charge in [0.05, 0.1) is 0 Å². The quantitative estimate of drug-likeness (QED) is 0.455. The van der Waals surface area contributed by atoms with E-state index in [4.69, 9.17) is 0 Å². The summed E-state index contributed by atoms with van der Waals surface area (Å²) < 4.78 is 12.6. The molecule has 1 fully saturated rings. The highest BCUT2D eigenvalue weighted by atomic mass is 19.1. The summed E-state index contributed by atoms with van der Waals surface area (Å²) in [5, 5.41) is 0. The Bertz CT molecular complexity index is 193. The molecule has 1 aliphatic rings. The molecule has 0 N–H and O–H groups in total. The molecule has 1 heterocycles. The van der Waals surface area contributed by atoms with Crippen molar-refractivity contribution in [2.45, 2.75) is 18.4 Å². The second kappa shape index (κ2) is 3.78. The molecule has 0 atom stereocenters. The summed E-state index contributed by atoms with van der Waals surface area (Å²) in [6.45, 7) is 1.06. The van der Waals surface area contributed by atoms with Gasteiger partial charge in [-0.15, -0.1) is 0 Å². The monoisotopic (exact) mass is 172 g/mol. The van der Waals surface area contributed by atoms with Crippen molar-refractivity contribution in [3.8, 4) is 0 Å². The van der Waals surface area contributed by atoms with Gasteiger partial charge in [-0.2, -0.15) is 4.99 Å². The maximum atomic E-state index is 12.6. The molecular formula is C8H13FN2O. The molecule has 0 aromatic carbocycles. The van der Waals surface area contributed by atoms with Crippen LogP contribution in [-0.2, 0) is 4.79 Å². The van der Waals surface area contributed by atoms with Gasteiger partial charge in [-0.25, -0.2) is 9.18 Å². The molecule has 0 amide bonds. The van der Waals surface area contributed by atoms with Gasteiger partial charge in [0.2, 0.25) is 6.08 Å². The van der Waals surface area contributed by atoms with E-state index >= 15 is 0 Å². The Morgan fingerprint density at radius 3 is 2.58 bits per heavy atom. The van der Waals surface area contributed by atoms with Crippen LogP contribution in [0.3, 0.4) is 0 Å². The van der Waals surface area contributed by atoms with Gasteiger partial charge in [0.15, 0.2) is 0 Å². The largest absolute Gasteiger partial charge is 0.306 e. The second-order valence-electron chi connectivity index (χ2n) is 3.36. The number of carbonyl (C=O) groups excluding carboxylic acids is 1. The number of likely N-dealkylation sites (tertiary alicyclic amines) is 1. The number of aliphatic imine (C=N–C) groups is 1. The highest BCUT2D eigenvalue weighted by Gasteiger charge is 2.33. The van der Waals surface area contributed by atoms with Crippen molar-refractivity contribution >= 4 is 6.08 Å². The summed E-state index contributed by atoms with van der Waals surface area (Å²) in [5.41, 5.74) is -0.756. The molecule has 0 spiro atoms. The first-order valence-corrected chi connectivity index (χ1v) is 4.06. The minimum absolute atomic E-state index is 0.546. The van der Waals surface area contributed by atoms with Crippen molar-refractivity contribution in [2.75, 3.05) is 26.8 Å². The van der Waals surface area contributed by atoms with Crippen molar-refractivity contribution < 1.29 is 9.18 Å². The van der Waals surface area contributed by atoms with Crippen LogP contribution in [0.25, 0.3) is 0 Å². The van der Waals surface area contributed by atoms with Gasteiger partial charge >= 0.3 is 0 Å². The Morgan fingerprint density at radius 2 is 2.17 bits per heavy atom. The minimum atomic E-state index is -0.756. The second-order valence-corrected chi connectivity index (χ2v) is 3.36. The molecule has 0 aliphatic carbocycles. The molecule has 68 valence electrons. The molecule has 0 aromatic rings. The average Bonchev–Trinajstić information content (AvgIpc) is 2.10. The lowest BCUT2D eigenvalue weighted by atomic mass is 9.90. The fourth-order valence-corrected chi connectivity index (χ4v) is 1.41. The van der Waals surface area contributed by atoms with E-state index in [9.17, 15) is 9.18 Å². The smallest absolute Gasteiger partial charge is 0.235 e.